The Hall–Kier alpha value is -0.570. The predicted molar refractivity (Wildman–Crippen MR) is 62.2 cm³/mol. The van der Waals surface area contributed by atoms with E-state index in [1.165, 1.54) is 5.56 Å². The number of benzene rings is 1. The van der Waals surface area contributed by atoms with Crippen molar-refractivity contribution in [2.24, 2.45) is 5.92 Å². The van der Waals surface area contributed by atoms with Gasteiger partial charge in [-0.15, -0.1) is 0 Å². The van der Waals surface area contributed by atoms with Crippen LogP contribution in [0, 0.1) is 5.92 Å². The number of hydrogen-bond acceptors (Lipinski definition) is 2. The Kier molecular flexibility index (Phi) is 3.62. The maximum atomic E-state index is 6.19. The Balaban J connectivity index is 2.19. The summed E-state index contributed by atoms with van der Waals surface area (Å²) in [4.78, 5) is 0. The predicted octanol–water partition coefficient (Wildman–Crippen LogP) is 2.64. The lowest BCUT2D eigenvalue weighted by atomic mass is 9.95. The monoisotopic (exact) mass is 225 g/mol. The molecule has 1 heterocycles. The van der Waals surface area contributed by atoms with Crippen molar-refractivity contribution in [3.8, 4) is 0 Å². The smallest absolute Gasteiger partial charge is 0.0509 e. The van der Waals surface area contributed by atoms with Crippen LogP contribution < -0.4 is 5.32 Å². The van der Waals surface area contributed by atoms with Crippen LogP contribution in [-0.4, -0.2) is 20.3 Å². The van der Waals surface area contributed by atoms with Crippen LogP contribution in [0.1, 0.15) is 18.0 Å². The first kappa shape index (κ1) is 10.9. The first-order valence-corrected chi connectivity index (χ1v) is 5.67. The number of ether oxygens (including phenoxy) is 1. The quantitative estimate of drug-likeness (QED) is 0.854. The zero-order valence-corrected chi connectivity index (χ0v) is 9.63. The van der Waals surface area contributed by atoms with Crippen molar-refractivity contribution in [2.75, 3.05) is 20.3 Å². The van der Waals surface area contributed by atoms with E-state index in [0.717, 1.165) is 24.6 Å². The van der Waals surface area contributed by atoms with Crippen molar-refractivity contribution < 1.29 is 4.74 Å². The molecule has 15 heavy (non-hydrogen) atoms. The SMILES string of the molecule is COCC1CCNC1c1ccccc1Cl. The summed E-state index contributed by atoms with van der Waals surface area (Å²) >= 11 is 6.19. The maximum absolute atomic E-state index is 6.19. The molecule has 0 bridgehead atoms. The van der Waals surface area contributed by atoms with Gasteiger partial charge in [0.25, 0.3) is 0 Å². The second-order valence-electron chi connectivity index (χ2n) is 3.96. The number of halogens is 1. The zero-order chi connectivity index (χ0) is 10.7. The summed E-state index contributed by atoms with van der Waals surface area (Å²) in [6.45, 7) is 1.84. The van der Waals surface area contributed by atoms with Gasteiger partial charge in [-0.2, -0.15) is 0 Å². The largest absolute Gasteiger partial charge is 0.384 e. The number of hydrogen-bond donors (Lipinski definition) is 1. The molecule has 0 spiro atoms. The van der Waals surface area contributed by atoms with E-state index in [0.29, 0.717) is 12.0 Å². The van der Waals surface area contributed by atoms with Crippen LogP contribution in [0.15, 0.2) is 24.3 Å². The summed E-state index contributed by atoms with van der Waals surface area (Å²) in [6.07, 6.45) is 1.16. The van der Waals surface area contributed by atoms with Crippen LogP contribution in [0.2, 0.25) is 5.02 Å². The van der Waals surface area contributed by atoms with Crippen LogP contribution in [0.5, 0.6) is 0 Å². The Morgan fingerprint density at radius 3 is 3.00 bits per heavy atom. The molecular formula is C12H16ClNO. The molecule has 1 fully saturated rings. The third kappa shape index (κ3) is 2.33. The second-order valence-corrected chi connectivity index (χ2v) is 4.36. The van der Waals surface area contributed by atoms with Gasteiger partial charge in [-0.05, 0) is 24.6 Å². The number of methoxy groups -OCH3 is 1. The molecule has 82 valence electrons. The summed E-state index contributed by atoms with van der Waals surface area (Å²) in [5.41, 5.74) is 1.19. The van der Waals surface area contributed by atoms with Gasteiger partial charge in [0.15, 0.2) is 0 Å². The molecule has 0 saturated carbocycles. The van der Waals surface area contributed by atoms with Crippen molar-refractivity contribution in [1.82, 2.24) is 5.32 Å². The Labute approximate surface area is 95.6 Å². The van der Waals surface area contributed by atoms with E-state index in [1.54, 1.807) is 7.11 Å². The van der Waals surface area contributed by atoms with Crippen molar-refractivity contribution in [1.29, 1.82) is 0 Å². The van der Waals surface area contributed by atoms with Crippen molar-refractivity contribution >= 4 is 11.6 Å². The van der Waals surface area contributed by atoms with Gasteiger partial charge >= 0.3 is 0 Å². The fourth-order valence-corrected chi connectivity index (χ4v) is 2.50. The van der Waals surface area contributed by atoms with Gasteiger partial charge in [0, 0.05) is 24.1 Å². The molecule has 1 aliphatic rings. The summed E-state index contributed by atoms with van der Waals surface area (Å²) in [5, 5.41) is 4.33. The summed E-state index contributed by atoms with van der Waals surface area (Å²) in [5.74, 6) is 0.537. The first-order chi connectivity index (χ1) is 7.33. The van der Waals surface area contributed by atoms with Crippen LogP contribution in [0.4, 0.5) is 0 Å². The Bertz CT molecular complexity index is 329. The standard InChI is InChI=1S/C12H16ClNO/c1-15-8-9-6-7-14-12(9)10-4-2-3-5-11(10)13/h2-5,9,12,14H,6-8H2,1H3. The number of rotatable bonds is 3. The van der Waals surface area contributed by atoms with E-state index in [4.69, 9.17) is 16.3 Å². The molecule has 1 aromatic rings. The van der Waals surface area contributed by atoms with Crippen LogP contribution in [-0.2, 0) is 4.74 Å². The molecule has 0 aliphatic carbocycles. The maximum Gasteiger partial charge on any atom is 0.0509 e. The highest BCUT2D eigenvalue weighted by molar-refractivity contribution is 6.31. The highest BCUT2D eigenvalue weighted by atomic mass is 35.5. The lowest BCUT2D eigenvalue weighted by Crippen LogP contribution is -2.20. The van der Waals surface area contributed by atoms with Gasteiger partial charge in [-0.25, -0.2) is 0 Å². The topological polar surface area (TPSA) is 21.3 Å². The van der Waals surface area contributed by atoms with Gasteiger partial charge < -0.3 is 10.1 Å². The summed E-state index contributed by atoms with van der Waals surface area (Å²) < 4.78 is 5.23. The zero-order valence-electron chi connectivity index (χ0n) is 8.87. The third-order valence-corrected chi connectivity index (χ3v) is 3.32. The van der Waals surface area contributed by atoms with Crippen LogP contribution in [0.3, 0.4) is 0 Å². The minimum atomic E-state index is 0.346. The highest BCUT2D eigenvalue weighted by Crippen LogP contribution is 2.33. The van der Waals surface area contributed by atoms with E-state index >= 15 is 0 Å². The molecule has 1 aliphatic heterocycles. The van der Waals surface area contributed by atoms with Crippen molar-refractivity contribution in [3.05, 3.63) is 34.9 Å². The fraction of sp³-hybridized carbons (Fsp3) is 0.500. The molecule has 1 saturated heterocycles. The van der Waals surface area contributed by atoms with Crippen LogP contribution >= 0.6 is 11.6 Å². The average Bonchev–Trinajstić information content (AvgIpc) is 2.67. The highest BCUT2D eigenvalue weighted by Gasteiger charge is 2.29. The Morgan fingerprint density at radius 1 is 1.47 bits per heavy atom. The average molecular weight is 226 g/mol. The first-order valence-electron chi connectivity index (χ1n) is 5.29. The molecule has 0 amide bonds. The third-order valence-electron chi connectivity index (χ3n) is 2.97. The molecule has 2 atom stereocenters. The van der Waals surface area contributed by atoms with Gasteiger partial charge in [0.2, 0.25) is 0 Å². The van der Waals surface area contributed by atoms with E-state index in [1.807, 2.05) is 18.2 Å². The molecule has 3 heteroatoms. The van der Waals surface area contributed by atoms with Crippen LogP contribution in [0.25, 0.3) is 0 Å². The van der Waals surface area contributed by atoms with Gasteiger partial charge in [-0.1, -0.05) is 29.8 Å². The van der Waals surface area contributed by atoms with Crippen molar-refractivity contribution in [2.45, 2.75) is 12.5 Å². The Morgan fingerprint density at radius 2 is 2.27 bits per heavy atom. The van der Waals surface area contributed by atoms with E-state index < -0.39 is 0 Å². The van der Waals surface area contributed by atoms with Crippen molar-refractivity contribution in [3.63, 3.8) is 0 Å². The van der Waals surface area contributed by atoms with Gasteiger partial charge in [0.1, 0.15) is 0 Å². The number of nitrogens with one attached hydrogen (secondary N) is 1. The van der Waals surface area contributed by atoms with Gasteiger partial charge in [-0.3, -0.25) is 0 Å². The van der Waals surface area contributed by atoms with E-state index in [-0.39, 0.29) is 0 Å². The molecule has 2 unspecified atom stereocenters. The summed E-state index contributed by atoms with van der Waals surface area (Å²) in [7, 11) is 1.75. The van der Waals surface area contributed by atoms with E-state index in [9.17, 15) is 0 Å². The normalized spacial score (nSPS) is 25.7. The molecule has 1 aromatic carbocycles. The fourth-order valence-electron chi connectivity index (χ4n) is 2.24. The summed E-state index contributed by atoms with van der Waals surface area (Å²) in [6, 6.07) is 8.38. The molecule has 2 rings (SSSR count). The molecule has 2 nitrogen and oxygen atoms in total. The minimum Gasteiger partial charge on any atom is -0.384 e. The molecule has 0 aromatic heterocycles. The van der Waals surface area contributed by atoms with E-state index in [2.05, 4.69) is 11.4 Å². The lowest BCUT2D eigenvalue weighted by Gasteiger charge is -2.20. The molecule has 0 radical (unpaired) electrons. The second kappa shape index (κ2) is 4.97. The molecular weight excluding hydrogens is 210 g/mol. The minimum absolute atomic E-state index is 0.346. The van der Waals surface area contributed by atoms with Gasteiger partial charge in [0.05, 0.1) is 6.61 Å². The lowest BCUT2D eigenvalue weighted by molar-refractivity contribution is 0.145. The molecule has 1 N–H and O–H groups in total.